The second-order valence-electron chi connectivity index (χ2n) is 7.06. The summed E-state index contributed by atoms with van der Waals surface area (Å²) >= 11 is 0. The fourth-order valence-electron chi connectivity index (χ4n) is 4.01. The van der Waals surface area contributed by atoms with Crippen LogP contribution in [0.2, 0.25) is 0 Å². The number of benzene rings is 2. The third-order valence-electron chi connectivity index (χ3n) is 5.26. The lowest BCUT2D eigenvalue weighted by molar-refractivity contribution is 0.295. The van der Waals surface area contributed by atoms with Crippen molar-refractivity contribution in [3.05, 3.63) is 83.8 Å². The first-order valence-corrected chi connectivity index (χ1v) is 8.94. The second-order valence-corrected chi connectivity index (χ2v) is 7.06. The van der Waals surface area contributed by atoms with Gasteiger partial charge in [0, 0.05) is 48.7 Å². The highest BCUT2D eigenvalue weighted by atomic mass is 15.1. The molecule has 3 heterocycles. The molecule has 2 aromatic carbocycles. The molecule has 4 heteroatoms. The average molecular weight is 340 g/mol. The van der Waals surface area contributed by atoms with Crippen LogP contribution in [0.15, 0.2) is 67.1 Å². The van der Waals surface area contributed by atoms with Crippen LogP contribution in [0.25, 0.3) is 22.3 Å². The number of hydrogen-bond acceptors (Lipinski definition) is 3. The van der Waals surface area contributed by atoms with E-state index < -0.39 is 0 Å². The standard InChI is InChI=1S/C22H20N4/c1-26-13-18-12-17(22-24-8-2-9-25-22)3-5-19(18)20(14-26)15-4-6-21-16(11-15)7-10-23-21/h2-12,20,23H,13-14H2,1H3. The number of fused-ring (bicyclic) bond motifs is 2. The summed E-state index contributed by atoms with van der Waals surface area (Å²) in [6.07, 6.45) is 5.59. The van der Waals surface area contributed by atoms with E-state index >= 15 is 0 Å². The Hall–Kier alpha value is -2.98. The van der Waals surface area contributed by atoms with Crippen LogP contribution in [0.3, 0.4) is 0 Å². The first-order chi connectivity index (χ1) is 12.8. The molecule has 1 aliphatic heterocycles. The minimum atomic E-state index is 0.383. The van der Waals surface area contributed by atoms with Gasteiger partial charge in [0.2, 0.25) is 0 Å². The van der Waals surface area contributed by atoms with Gasteiger partial charge in [0.15, 0.2) is 5.82 Å². The van der Waals surface area contributed by atoms with E-state index in [4.69, 9.17) is 0 Å². The van der Waals surface area contributed by atoms with Gasteiger partial charge < -0.3 is 9.88 Å². The van der Waals surface area contributed by atoms with Gasteiger partial charge in [-0.25, -0.2) is 9.97 Å². The zero-order valence-electron chi connectivity index (χ0n) is 14.7. The third-order valence-corrected chi connectivity index (χ3v) is 5.26. The zero-order valence-corrected chi connectivity index (χ0v) is 14.7. The molecule has 2 aromatic heterocycles. The van der Waals surface area contributed by atoms with Gasteiger partial charge in [0.1, 0.15) is 0 Å². The Balaban J connectivity index is 1.59. The molecule has 26 heavy (non-hydrogen) atoms. The predicted molar refractivity (Wildman–Crippen MR) is 104 cm³/mol. The molecule has 1 N–H and O–H groups in total. The summed E-state index contributed by atoms with van der Waals surface area (Å²) in [6.45, 7) is 1.99. The Morgan fingerprint density at radius 2 is 1.92 bits per heavy atom. The molecule has 0 bridgehead atoms. The molecule has 0 aliphatic carbocycles. The van der Waals surface area contributed by atoms with Crippen molar-refractivity contribution in [1.82, 2.24) is 19.9 Å². The number of nitrogens with one attached hydrogen (secondary N) is 1. The largest absolute Gasteiger partial charge is 0.361 e. The van der Waals surface area contributed by atoms with Gasteiger partial charge >= 0.3 is 0 Å². The van der Waals surface area contributed by atoms with Crippen LogP contribution >= 0.6 is 0 Å². The maximum Gasteiger partial charge on any atom is 0.159 e. The van der Waals surface area contributed by atoms with Crippen LogP contribution in [0.5, 0.6) is 0 Å². The normalized spacial score (nSPS) is 17.3. The van der Waals surface area contributed by atoms with E-state index in [0.29, 0.717) is 5.92 Å². The number of likely N-dealkylation sites (N-methyl/N-ethyl adjacent to an activating group) is 1. The summed E-state index contributed by atoms with van der Waals surface area (Å²) in [5.41, 5.74) is 6.42. The number of aromatic amines is 1. The highest BCUT2D eigenvalue weighted by molar-refractivity contribution is 5.80. The van der Waals surface area contributed by atoms with E-state index in [1.54, 1.807) is 12.4 Å². The predicted octanol–water partition coefficient (Wildman–Crippen LogP) is 4.20. The summed E-state index contributed by atoms with van der Waals surface area (Å²) in [5, 5.41) is 1.27. The zero-order chi connectivity index (χ0) is 17.5. The van der Waals surface area contributed by atoms with Crippen molar-refractivity contribution in [3.8, 4) is 11.4 Å². The Morgan fingerprint density at radius 1 is 1.04 bits per heavy atom. The van der Waals surface area contributed by atoms with Gasteiger partial charge in [-0.1, -0.05) is 18.2 Å². The highest BCUT2D eigenvalue weighted by Gasteiger charge is 2.25. The third kappa shape index (κ3) is 2.59. The van der Waals surface area contributed by atoms with Crippen LogP contribution < -0.4 is 0 Å². The van der Waals surface area contributed by atoms with E-state index in [9.17, 15) is 0 Å². The van der Waals surface area contributed by atoms with Crippen LogP contribution in [0.4, 0.5) is 0 Å². The Kier molecular flexibility index (Phi) is 3.57. The molecule has 4 nitrogen and oxygen atoms in total. The van der Waals surface area contributed by atoms with Crippen LogP contribution in [-0.2, 0) is 6.54 Å². The molecule has 0 fully saturated rings. The number of rotatable bonds is 2. The average Bonchev–Trinajstić information content (AvgIpc) is 3.15. The summed E-state index contributed by atoms with van der Waals surface area (Å²) in [4.78, 5) is 14.5. The van der Waals surface area contributed by atoms with Gasteiger partial charge in [-0.2, -0.15) is 0 Å². The minimum absolute atomic E-state index is 0.383. The number of hydrogen-bond donors (Lipinski definition) is 1. The van der Waals surface area contributed by atoms with Crippen LogP contribution in [-0.4, -0.2) is 33.4 Å². The second kappa shape index (κ2) is 6.07. The topological polar surface area (TPSA) is 44.8 Å². The van der Waals surface area contributed by atoms with Crippen molar-refractivity contribution in [2.24, 2.45) is 0 Å². The minimum Gasteiger partial charge on any atom is -0.361 e. The van der Waals surface area contributed by atoms with Crippen LogP contribution in [0.1, 0.15) is 22.6 Å². The lowest BCUT2D eigenvalue weighted by Gasteiger charge is -2.33. The Morgan fingerprint density at radius 3 is 2.81 bits per heavy atom. The van der Waals surface area contributed by atoms with Gasteiger partial charge in [-0.15, -0.1) is 0 Å². The summed E-state index contributed by atoms with van der Waals surface area (Å²) in [6, 6.07) is 17.4. The van der Waals surface area contributed by atoms with Crippen molar-refractivity contribution in [3.63, 3.8) is 0 Å². The van der Waals surface area contributed by atoms with E-state index in [0.717, 1.165) is 24.5 Å². The van der Waals surface area contributed by atoms with Crippen molar-refractivity contribution in [2.75, 3.05) is 13.6 Å². The Bertz CT molecular complexity index is 1070. The van der Waals surface area contributed by atoms with Crippen molar-refractivity contribution >= 4 is 10.9 Å². The van der Waals surface area contributed by atoms with E-state index in [1.807, 2.05) is 12.3 Å². The van der Waals surface area contributed by atoms with E-state index in [-0.39, 0.29) is 0 Å². The molecule has 1 atom stereocenters. The van der Waals surface area contributed by atoms with Crippen molar-refractivity contribution < 1.29 is 0 Å². The van der Waals surface area contributed by atoms with Gasteiger partial charge in [0.25, 0.3) is 0 Å². The molecule has 0 amide bonds. The fourth-order valence-corrected chi connectivity index (χ4v) is 4.01. The number of nitrogens with zero attached hydrogens (tertiary/aromatic N) is 3. The summed E-state index contributed by atoms with van der Waals surface area (Å²) in [7, 11) is 2.19. The van der Waals surface area contributed by atoms with Crippen molar-refractivity contribution in [2.45, 2.75) is 12.5 Å². The molecular weight excluding hydrogens is 320 g/mol. The van der Waals surface area contributed by atoms with Gasteiger partial charge in [-0.3, -0.25) is 0 Å². The molecule has 1 unspecified atom stereocenters. The number of H-pyrrole nitrogens is 1. The molecule has 5 rings (SSSR count). The monoisotopic (exact) mass is 340 g/mol. The molecule has 0 radical (unpaired) electrons. The SMILES string of the molecule is CN1Cc2cc(-c3ncccn3)ccc2C(c2ccc3[nH]ccc3c2)C1. The van der Waals surface area contributed by atoms with Crippen molar-refractivity contribution in [1.29, 1.82) is 0 Å². The maximum atomic E-state index is 4.39. The Labute approximate surface area is 152 Å². The summed E-state index contributed by atoms with van der Waals surface area (Å²) < 4.78 is 0. The molecule has 128 valence electrons. The summed E-state index contributed by atoms with van der Waals surface area (Å²) in [5.74, 6) is 1.17. The fraction of sp³-hybridized carbons (Fsp3) is 0.182. The lowest BCUT2D eigenvalue weighted by atomic mass is 9.83. The molecule has 0 saturated heterocycles. The van der Waals surface area contributed by atoms with E-state index in [2.05, 4.69) is 69.4 Å². The molecular formula is C22H20N4. The molecule has 1 aliphatic rings. The maximum absolute atomic E-state index is 4.39. The smallest absolute Gasteiger partial charge is 0.159 e. The lowest BCUT2D eigenvalue weighted by Crippen LogP contribution is -2.31. The molecule has 0 spiro atoms. The van der Waals surface area contributed by atoms with Gasteiger partial charge in [0.05, 0.1) is 0 Å². The van der Waals surface area contributed by atoms with Gasteiger partial charge in [-0.05, 0) is 59.5 Å². The van der Waals surface area contributed by atoms with Crippen LogP contribution in [0, 0.1) is 0 Å². The first kappa shape index (κ1) is 15.3. The number of aromatic nitrogens is 3. The first-order valence-electron chi connectivity index (χ1n) is 8.94. The molecule has 4 aromatic rings. The highest BCUT2D eigenvalue weighted by Crippen LogP contribution is 2.35. The quantitative estimate of drug-likeness (QED) is 0.595. The van der Waals surface area contributed by atoms with E-state index in [1.165, 1.54) is 27.6 Å². The molecule has 0 saturated carbocycles.